The molecule has 26 heavy (non-hydrogen) atoms. The van der Waals surface area contributed by atoms with Gasteiger partial charge in [-0.3, -0.25) is 4.79 Å². The fourth-order valence-corrected chi connectivity index (χ4v) is 2.88. The van der Waals surface area contributed by atoms with Crippen LogP contribution < -0.4 is 19.5 Å². The summed E-state index contributed by atoms with van der Waals surface area (Å²) in [5.41, 5.74) is 2.05. The van der Waals surface area contributed by atoms with Crippen molar-refractivity contribution in [2.24, 2.45) is 0 Å². The van der Waals surface area contributed by atoms with Crippen LogP contribution >= 0.6 is 15.9 Å². The molecule has 0 unspecified atom stereocenters. The highest BCUT2D eigenvalue weighted by Crippen LogP contribution is 2.28. The maximum Gasteiger partial charge on any atom is 0.258 e. The molecule has 0 aliphatic heterocycles. The normalized spacial score (nSPS) is 10.3. The van der Waals surface area contributed by atoms with E-state index in [0.717, 1.165) is 22.0 Å². The van der Waals surface area contributed by atoms with Crippen LogP contribution in [0.2, 0.25) is 0 Å². The lowest BCUT2D eigenvalue weighted by Crippen LogP contribution is -2.28. The molecule has 140 valence electrons. The van der Waals surface area contributed by atoms with Gasteiger partial charge in [0.2, 0.25) is 0 Å². The zero-order valence-electron chi connectivity index (χ0n) is 15.3. The van der Waals surface area contributed by atoms with Gasteiger partial charge in [-0.05, 0) is 64.7 Å². The molecule has 0 saturated carbocycles. The molecule has 0 bridgehead atoms. The van der Waals surface area contributed by atoms with Crippen molar-refractivity contribution in [2.45, 2.75) is 26.8 Å². The number of amides is 1. The second-order valence-corrected chi connectivity index (χ2v) is 6.69. The average Bonchev–Trinajstić information content (AvgIpc) is 2.64. The number of methoxy groups -OCH3 is 1. The smallest absolute Gasteiger partial charge is 0.258 e. The summed E-state index contributed by atoms with van der Waals surface area (Å²) in [4.78, 5) is 12.0. The lowest BCUT2D eigenvalue weighted by atomic mass is 10.2. The van der Waals surface area contributed by atoms with E-state index in [1.165, 1.54) is 0 Å². The van der Waals surface area contributed by atoms with E-state index < -0.39 is 0 Å². The summed E-state index contributed by atoms with van der Waals surface area (Å²) in [7, 11) is 1.60. The van der Waals surface area contributed by atoms with Crippen molar-refractivity contribution in [1.29, 1.82) is 0 Å². The minimum Gasteiger partial charge on any atom is -0.493 e. The first kappa shape index (κ1) is 20.1. The Hall–Kier alpha value is -2.21. The molecule has 1 amide bonds. The second kappa shape index (κ2) is 10.1. The number of nitrogens with one attached hydrogen (secondary N) is 1. The Morgan fingerprint density at radius 3 is 2.54 bits per heavy atom. The second-order valence-electron chi connectivity index (χ2n) is 5.83. The van der Waals surface area contributed by atoms with Gasteiger partial charge in [-0.2, -0.15) is 0 Å². The van der Waals surface area contributed by atoms with Gasteiger partial charge in [0.1, 0.15) is 5.75 Å². The summed E-state index contributed by atoms with van der Waals surface area (Å²) in [5.74, 6) is 1.81. The number of benzene rings is 2. The Kier molecular flexibility index (Phi) is 7.78. The SMILES string of the molecule is CCCOc1ccc(CNC(=O)COc2ccc(C)cc2Br)cc1OC. The molecule has 2 aromatic carbocycles. The number of hydrogen-bond donors (Lipinski definition) is 1. The predicted molar refractivity (Wildman–Crippen MR) is 105 cm³/mol. The third kappa shape index (κ3) is 5.95. The van der Waals surface area contributed by atoms with Gasteiger partial charge in [0.25, 0.3) is 5.91 Å². The van der Waals surface area contributed by atoms with Crippen molar-refractivity contribution in [1.82, 2.24) is 5.32 Å². The minimum absolute atomic E-state index is 0.0451. The maximum absolute atomic E-state index is 12.0. The fourth-order valence-electron chi connectivity index (χ4n) is 2.27. The fraction of sp³-hybridized carbons (Fsp3) is 0.350. The summed E-state index contributed by atoms with van der Waals surface area (Å²) in [6, 6.07) is 11.4. The van der Waals surface area contributed by atoms with Gasteiger partial charge >= 0.3 is 0 Å². The number of hydrogen-bond acceptors (Lipinski definition) is 4. The summed E-state index contributed by atoms with van der Waals surface area (Å²) < 4.78 is 17.4. The standard InChI is InChI=1S/C20H24BrNO4/c1-4-9-25-18-8-6-15(11-19(18)24-3)12-22-20(23)13-26-17-7-5-14(2)10-16(17)21/h5-8,10-11H,4,9,12-13H2,1-3H3,(H,22,23). The third-order valence-electron chi connectivity index (χ3n) is 3.63. The van der Waals surface area contributed by atoms with E-state index in [1.54, 1.807) is 7.11 Å². The molecule has 2 rings (SSSR count). The molecule has 0 aliphatic carbocycles. The molecule has 0 aliphatic rings. The molecule has 0 radical (unpaired) electrons. The number of aryl methyl sites for hydroxylation is 1. The van der Waals surface area contributed by atoms with Crippen LogP contribution in [0.5, 0.6) is 17.2 Å². The summed E-state index contributed by atoms with van der Waals surface area (Å²) in [6.07, 6.45) is 0.929. The largest absolute Gasteiger partial charge is 0.493 e. The summed E-state index contributed by atoms with van der Waals surface area (Å²) >= 11 is 3.43. The first-order chi connectivity index (χ1) is 12.5. The molecule has 0 aromatic heterocycles. The number of ether oxygens (including phenoxy) is 3. The van der Waals surface area contributed by atoms with E-state index in [2.05, 4.69) is 21.2 Å². The van der Waals surface area contributed by atoms with E-state index in [1.807, 2.05) is 50.2 Å². The van der Waals surface area contributed by atoms with E-state index in [-0.39, 0.29) is 12.5 Å². The number of carbonyl (C=O) groups excluding carboxylic acids is 1. The average molecular weight is 422 g/mol. The van der Waals surface area contributed by atoms with E-state index in [9.17, 15) is 4.79 Å². The molecule has 0 spiro atoms. The van der Waals surface area contributed by atoms with Crippen LogP contribution in [-0.4, -0.2) is 26.2 Å². The third-order valence-corrected chi connectivity index (χ3v) is 4.25. The lowest BCUT2D eigenvalue weighted by Gasteiger charge is -2.12. The van der Waals surface area contributed by atoms with Gasteiger partial charge in [0.15, 0.2) is 18.1 Å². The maximum atomic E-state index is 12.0. The molecule has 5 nitrogen and oxygen atoms in total. The van der Waals surface area contributed by atoms with Gasteiger partial charge in [-0.15, -0.1) is 0 Å². The van der Waals surface area contributed by atoms with Crippen molar-refractivity contribution in [3.8, 4) is 17.2 Å². The Labute approximate surface area is 162 Å². The van der Waals surface area contributed by atoms with Crippen molar-refractivity contribution in [2.75, 3.05) is 20.3 Å². The quantitative estimate of drug-likeness (QED) is 0.657. The Morgan fingerprint density at radius 1 is 1.08 bits per heavy atom. The lowest BCUT2D eigenvalue weighted by molar-refractivity contribution is -0.123. The topological polar surface area (TPSA) is 56.8 Å². The van der Waals surface area contributed by atoms with Gasteiger partial charge in [0, 0.05) is 6.54 Å². The Bertz CT molecular complexity index is 749. The highest BCUT2D eigenvalue weighted by molar-refractivity contribution is 9.10. The van der Waals surface area contributed by atoms with Gasteiger partial charge in [0.05, 0.1) is 18.2 Å². The highest BCUT2D eigenvalue weighted by Gasteiger charge is 2.08. The Morgan fingerprint density at radius 2 is 1.85 bits per heavy atom. The van der Waals surface area contributed by atoms with Crippen LogP contribution in [0, 0.1) is 6.92 Å². The van der Waals surface area contributed by atoms with E-state index in [0.29, 0.717) is 30.4 Å². The molecular formula is C20H24BrNO4. The summed E-state index contributed by atoms with van der Waals surface area (Å²) in [6.45, 7) is 5.03. The first-order valence-electron chi connectivity index (χ1n) is 8.48. The molecule has 0 heterocycles. The molecule has 2 aromatic rings. The van der Waals surface area contributed by atoms with Crippen LogP contribution in [0.15, 0.2) is 40.9 Å². The Balaban J connectivity index is 1.86. The monoisotopic (exact) mass is 421 g/mol. The van der Waals surface area contributed by atoms with Gasteiger partial charge in [-0.1, -0.05) is 19.1 Å². The molecule has 0 atom stereocenters. The van der Waals surface area contributed by atoms with Crippen molar-refractivity contribution >= 4 is 21.8 Å². The van der Waals surface area contributed by atoms with Crippen LogP contribution in [0.3, 0.4) is 0 Å². The minimum atomic E-state index is -0.192. The number of rotatable bonds is 9. The molecule has 0 saturated heterocycles. The van der Waals surface area contributed by atoms with Crippen LogP contribution in [0.4, 0.5) is 0 Å². The number of carbonyl (C=O) groups is 1. The van der Waals surface area contributed by atoms with Gasteiger partial charge < -0.3 is 19.5 Å². The van der Waals surface area contributed by atoms with Crippen molar-refractivity contribution in [3.05, 3.63) is 52.0 Å². The zero-order valence-corrected chi connectivity index (χ0v) is 16.9. The summed E-state index contributed by atoms with van der Waals surface area (Å²) in [5, 5.41) is 2.84. The zero-order chi connectivity index (χ0) is 18.9. The number of halogens is 1. The van der Waals surface area contributed by atoms with Gasteiger partial charge in [-0.25, -0.2) is 0 Å². The van der Waals surface area contributed by atoms with Crippen molar-refractivity contribution in [3.63, 3.8) is 0 Å². The molecular weight excluding hydrogens is 398 g/mol. The molecule has 6 heteroatoms. The van der Waals surface area contributed by atoms with E-state index in [4.69, 9.17) is 14.2 Å². The van der Waals surface area contributed by atoms with Crippen LogP contribution in [0.1, 0.15) is 24.5 Å². The van der Waals surface area contributed by atoms with Crippen LogP contribution in [0.25, 0.3) is 0 Å². The van der Waals surface area contributed by atoms with E-state index >= 15 is 0 Å². The van der Waals surface area contributed by atoms with Crippen molar-refractivity contribution < 1.29 is 19.0 Å². The highest BCUT2D eigenvalue weighted by atomic mass is 79.9. The molecule has 0 fully saturated rings. The first-order valence-corrected chi connectivity index (χ1v) is 9.28. The van der Waals surface area contributed by atoms with Crippen LogP contribution in [-0.2, 0) is 11.3 Å². The predicted octanol–water partition coefficient (Wildman–Crippen LogP) is 4.25. The molecule has 1 N–H and O–H groups in total.